The highest BCUT2D eigenvalue weighted by Gasteiger charge is 2.59. The first-order chi connectivity index (χ1) is 43.6. The Hall–Kier alpha value is -8.54. The topological polar surface area (TPSA) is 396 Å². The lowest BCUT2D eigenvalue weighted by atomic mass is 9.72. The van der Waals surface area contributed by atoms with Crippen LogP contribution in [0.2, 0.25) is 0 Å². The molecule has 2 bridgehead atoms. The molecule has 6 aliphatic rings. The number of aliphatic hydroxyl groups is 4. The van der Waals surface area contributed by atoms with Crippen LogP contribution in [-0.2, 0) is 64.3 Å². The Morgan fingerprint density at radius 1 is 0.890 bits per heavy atom. The van der Waals surface area contributed by atoms with Crippen molar-refractivity contribution in [2.24, 2.45) is 23.7 Å². The minimum atomic E-state index is -2.45. The molecule has 0 unspecified atom stereocenters. The lowest BCUT2D eigenvalue weighted by molar-refractivity contribution is -0.385. The molecule has 0 radical (unpaired) electrons. The number of alkyl carbamates (subject to hydrolysis) is 1. The molecule has 7 N–H and O–H groups in total. The second kappa shape index (κ2) is 27.9. The number of likely N-dealkylation sites (tertiary alicyclic amines) is 1. The molecule has 10 atom stereocenters. The van der Waals surface area contributed by atoms with E-state index in [4.69, 9.17) is 28.8 Å². The van der Waals surface area contributed by atoms with Crippen LogP contribution in [0, 0.1) is 33.8 Å². The summed E-state index contributed by atoms with van der Waals surface area (Å²) in [4.78, 5) is 121. The first-order valence-electron chi connectivity index (χ1n) is 30.5. The zero-order valence-electron chi connectivity index (χ0n) is 50.2. The highest BCUT2D eigenvalue weighted by atomic mass is 16.7. The largest absolute Gasteiger partial charge is 0.507 e. The number of ketones is 4. The first kappa shape index (κ1) is 65.4. The van der Waals surface area contributed by atoms with E-state index in [0.717, 1.165) is 19.3 Å². The average Bonchev–Trinajstić information content (AvgIpc) is 0.914. The quantitative estimate of drug-likeness (QED) is 0.00895. The summed E-state index contributed by atoms with van der Waals surface area (Å²) in [5.74, 6) is -4.96. The fourth-order valence-electron chi connectivity index (χ4n) is 13.5. The molecule has 4 aromatic rings. The monoisotopic (exact) mass is 1260 g/mol. The number of aryl methyl sites for hydroxylation is 1. The minimum Gasteiger partial charge on any atom is -0.507 e. The third kappa shape index (κ3) is 13.6. The van der Waals surface area contributed by atoms with Gasteiger partial charge >= 0.3 is 6.09 Å². The number of hydrogen-bond acceptors (Lipinski definition) is 23. The third-order valence-electron chi connectivity index (χ3n) is 18.1. The van der Waals surface area contributed by atoms with Crippen LogP contribution in [0.5, 0.6) is 23.0 Å². The number of nitrogens with zero attached hydrogens (tertiary/aromatic N) is 6. The number of hydrogen-bond donors (Lipinski definition) is 7. The molecular formula is C63H73N7O21. The number of nitro groups is 1. The van der Waals surface area contributed by atoms with Crippen LogP contribution in [0.25, 0.3) is 0 Å². The van der Waals surface area contributed by atoms with Gasteiger partial charge in [-0.1, -0.05) is 42.3 Å². The molecule has 486 valence electrons. The van der Waals surface area contributed by atoms with Crippen LogP contribution in [0.1, 0.15) is 144 Å². The molecule has 28 nitrogen and oxygen atoms in total. The van der Waals surface area contributed by atoms with Gasteiger partial charge in [0.2, 0.25) is 23.5 Å². The van der Waals surface area contributed by atoms with E-state index in [0.29, 0.717) is 51.0 Å². The van der Waals surface area contributed by atoms with Gasteiger partial charge in [-0.2, -0.15) is 0 Å². The lowest BCUT2D eigenvalue weighted by Gasteiger charge is -2.42. The van der Waals surface area contributed by atoms with Crippen molar-refractivity contribution < 1.29 is 97.6 Å². The number of nitro benzene ring substituents is 1. The number of phenols is 2. The number of carbonyl (C=O) groups is 8. The summed E-state index contributed by atoms with van der Waals surface area (Å²) in [7, 11) is 1.27. The predicted octanol–water partition coefficient (Wildman–Crippen LogP) is 3.76. The summed E-state index contributed by atoms with van der Waals surface area (Å²) >= 11 is 0. The van der Waals surface area contributed by atoms with Crippen LogP contribution in [0.15, 0.2) is 54.7 Å². The number of aromatic hydroxyl groups is 2. The Bertz CT molecular complexity index is 3520. The number of methoxy groups -OCH3 is 1. The number of aliphatic hydroxyl groups excluding tert-OH is 3. The van der Waals surface area contributed by atoms with E-state index in [1.807, 2.05) is 0 Å². The Kier molecular flexibility index (Phi) is 20.1. The molecule has 28 heteroatoms. The van der Waals surface area contributed by atoms with Gasteiger partial charge < -0.3 is 64.5 Å². The molecule has 0 spiro atoms. The van der Waals surface area contributed by atoms with E-state index < -0.39 is 119 Å². The molecule has 2 aliphatic heterocycles. The molecular weight excluding hydrogens is 1190 g/mol. The maximum absolute atomic E-state index is 14.1. The van der Waals surface area contributed by atoms with Gasteiger partial charge in [-0.3, -0.25) is 53.3 Å². The zero-order chi connectivity index (χ0) is 65.0. The molecule has 3 fully saturated rings. The van der Waals surface area contributed by atoms with E-state index in [-0.39, 0.29) is 132 Å². The number of aromatic nitrogens is 3. The van der Waals surface area contributed by atoms with E-state index >= 15 is 0 Å². The number of Topliss-reactive ketones (excluding diaryl/α,β-unsaturated/α-hetero) is 2. The van der Waals surface area contributed by atoms with Crippen LogP contribution >= 0.6 is 0 Å². The zero-order valence-corrected chi connectivity index (χ0v) is 50.2. The maximum Gasteiger partial charge on any atom is 0.407 e. The summed E-state index contributed by atoms with van der Waals surface area (Å²) in [5, 5.41) is 88.7. The second-order valence-corrected chi connectivity index (χ2v) is 24.0. The summed E-state index contributed by atoms with van der Waals surface area (Å²) < 4.78 is 30.5. The summed E-state index contributed by atoms with van der Waals surface area (Å²) in [6.07, 6.45) is 1.87. The molecule has 91 heavy (non-hydrogen) atoms. The molecule has 4 amide bonds. The number of rotatable bonds is 29. The Labute approximate surface area is 521 Å². The average molecular weight is 1260 g/mol. The van der Waals surface area contributed by atoms with Crippen LogP contribution in [0.4, 0.5) is 10.5 Å². The SMILES string of the molecule is COc1cccc2c1C(=O)c1c(O)c3c(c(O)c1C2=O)C[C@@](O)(C(=O)CO)C[C@@H]3O[C@H]1C[C@H](NC(=O)OCc2cc(OCCCn3cc(CN(CCCCCCN4C(=O)[C@@H]5[C@H](C4=O)[C@H]4C=C[C@@H]5C4)C(=O)CCC(=O)CCCO)nn3)ccc2[N+](=O)[O-])[C@H](O)[C@H](C)O1. The number of carbonyl (C=O) groups excluding carboxylic acids is 8. The second-order valence-electron chi connectivity index (χ2n) is 24.0. The molecule has 10 rings (SSSR count). The number of fused-ring (bicyclic) bond motifs is 8. The van der Waals surface area contributed by atoms with Crippen molar-refractivity contribution in [3.8, 4) is 23.0 Å². The van der Waals surface area contributed by atoms with Gasteiger partial charge in [0.15, 0.2) is 17.9 Å². The summed E-state index contributed by atoms with van der Waals surface area (Å²) in [5.41, 5.74) is -4.53. The number of nitrogens with one attached hydrogen (secondary N) is 1. The van der Waals surface area contributed by atoms with Crippen molar-refractivity contribution in [3.05, 3.63) is 109 Å². The van der Waals surface area contributed by atoms with E-state index in [1.165, 1.54) is 55.3 Å². The van der Waals surface area contributed by atoms with Gasteiger partial charge in [0.05, 0.1) is 83.7 Å². The fraction of sp³-hybridized carbons (Fsp3) is 0.524. The van der Waals surface area contributed by atoms with E-state index in [9.17, 15) is 74.0 Å². The van der Waals surface area contributed by atoms with Gasteiger partial charge in [0.1, 0.15) is 59.4 Å². The standard InChI is InChI=1S/C63H73N7O21/c1-33-55(76)42(26-48(90-33)91-45-28-63(84,46(74)31-72)27-41-52(45)59(80)54-53(57(41)78)56(77)40-11-7-12-44(87-2)51(40)58(54)79)64-62(83)89-32-36-25-39(16-17-43(36)70(85)86)88-23-9-20-68-30-37(65-66-68)29-67(47(75)18-15-38(73)10-8-22-71)19-5-3-4-6-21-69-60(81)49-34-13-14-35(24-34)50(49)61(69)82/h7,11-14,16-17,25,30,33-35,42,45,48-50,55,71-72,76,78,80,84H,3-6,8-10,15,18-24,26-29,31-32H2,1-2H3,(H,64,83)/t33-,34-,35+,42-,45-,48-,49+,50-,55+,63-/m0/s1. The number of amides is 4. The van der Waals surface area contributed by atoms with Crippen molar-refractivity contribution in [2.75, 3.05) is 40.0 Å². The van der Waals surface area contributed by atoms with Crippen LogP contribution in [0.3, 0.4) is 0 Å². The van der Waals surface area contributed by atoms with E-state index in [2.05, 4.69) is 27.8 Å². The number of imide groups is 1. The van der Waals surface area contributed by atoms with Crippen LogP contribution in [-0.4, -0.2) is 177 Å². The van der Waals surface area contributed by atoms with Crippen molar-refractivity contribution >= 4 is 52.6 Å². The smallest absolute Gasteiger partial charge is 0.407 e. The highest BCUT2D eigenvalue weighted by molar-refractivity contribution is 6.31. The van der Waals surface area contributed by atoms with Gasteiger partial charge in [-0.05, 0) is 62.6 Å². The van der Waals surface area contributed by atoms with Gasteiger partial charge in [-0.25, -0.2) is 4.79 Å². The Morgan fingerprint density at radius 3 is 2.34 bits per heavy atom. The lowest BCUT2D eigenvalue weighted by Crippen LogP contribution is -2.56. The van der Waals surface area contributed by atoms with Crippen molar-refractivity contribution in [1.29, 1.82) is 0 Å². The number of benzene rings is 3. The Balaban J connectivity index is 0.722. The normalized spacial score (nSPS) is 24.4. The van der Waals surface area contributed by atoms with Gasteiger partial charge in [0.25, 0.3) is 5.69 Å². The summed E-state index contributed by atoms with van der Waals surface area (Å²) in [6, 6.07) is 6.88. The number of allylic oxidation sites excluding steroid dienone is 2. The third-order valence-corrected chi connectivity index (χ3v) is 18.1. The maximum atomic E-state index is 14.1. The van der Waals surface area contributed by atoms with Crippen molar-refractivity contribution in [2.45, 2.75) is 146 Å². The predicted molar refractivity (Wildman–Crippen MR) is 313 cm³/mol. The Morgan fingerprint density at radius 2 is 1.63 bits per heavy atom. The molecule has 1 aromatic heterocycles. The highest BCUT2D eigenvalue weighted by Crippen LogP contribution is 2.54. The molecule has 3 aromatic carbocycles. The van der Waals surface area contributed by atoms with Crippen molar-refractivity contribution in [3.63, 3.8) is 0 Å². The van der Waals surface area contributed by atoms with E-state index in [1.54, 1.807) is 15.8 Å². The number of unbranched alkanes of at least 4 members (excludes halogenated alkanes) is 3. The summed E-state index contributed by atoms with van der Waals surface area (Å²) in [6.45, 7) is 0.777. The molecule has 1 saturated carbocycles. The van der Waals surface area contributed by atoms with Gasteiger partial charge in [-0.15, -0.1) is 5.10 Å². The van der Waals surface area contributed by atoms with Crippen molar-refractivity contribution in [1.82, 2.24) is 30.1 Å². The van der Waals surface area contributed by atoms with Crippen LogP contribution < -0.4 is 14.8 Å². The molecule has 3 heterocycles. The first-order valence-corrected chi connectivity index (χ1v) is 30.5. The minimum absolute atomic E-state index is 0.00820. The molecule has 4 aliphatic carbocycles. The fourth-order valence-corrected chi connectivity index (χ4v) is 13.5. The number of ether oxygens (including phenoxy) is 5. The number of phenolic OH excluding ortho intramolecular Hbond substituents is 2. The molecule has 2 saturated heterocycles. The van der Waals surface area contributed by atoms with Gasteiger partial charge in [0, 0.05) is 93.9 Å².